The van der Waals surface area contributed by atoms with Gasteiger partial charge in [-0.05, 0) is 58.1 Å². The molecule has 1 fully saturated rings. The summed E-state index contributed by atoms with van der Waals surface area (Å²) >= 11 is 12.4. The molecule has 9 heteroatoms. The molecule has 164 valence electrons. The molecule has 0 radical (unpaired) electrons. The van der Waals surface area contributed by atoms with Gasteiger partial charge in [-0.25, -0.2) is 9.37 Å². The van der Waals surface area contributed by atoms with E-state index in [9.17, 15) is 4.39 Å². The summed E-state index contributed by atoms with van der Waals surface area (Å²) in [6.07, 6.45) is 6.63. The van der Waals surface area contributed by atoms with Crippen molar-refractivity contribution in [1.82, 2.24) is 19.7 Å². The van der Waals surface area contributed by atoms with E-state index in [0.29, 0.717) is 17.4 Å². The molecule has 1 aliphatic rings. The van der Waals surface area contributed by atoms with Crippen LogP contribution in [0.1, 0.15) is 38.8 Å². The predicted octanol–water partition coefficient (Wildman–Crippen LogP) is 5.38. The van der Waals surface area contributed by atoms with Crippen molar-refractivity contribution in [3.05, 3.63) is 58.2 Å². The van der Waals surface area contributed by atoms with Crippen LogP contribution in [0.25, 0.3) is 11.1 Å². The zero-order chi connectivity index (χ0) is 23.0. The summed E-state index contributed by atoms with van der Waals surface area (Å²) in [6.45, 7) is 3.73. The Morgan fingerprint density at radius 3 is 2.81 bits per heavy atom. The van der Waals surface area contributed by atoms with Crippen molar-refractivity contribution in [2.24, 2.45) is 0 Å². The smallest absolute Gasteiger partial charge is 0.170 e. The lowest BCUT2D eigenvalue weighted by atomic mass is 10.1. The van der Waals surface area contributed by atoms with Crippen LogP contribution in [-0.2, 0) is 0 Å². The highest BCUT2D eigenvalue weighted by Gasteiger charge is 2.23. The first-order chi connectivity index (χ1) is 15.3. The van der Waals surface area contributed by atoms with Crippen LogP contribution in [0.15, 0.2) is 36.8 Å². The Hall–Kier alpha value is -2.35. The van der Waals surface area contributed by atoms with Gasteiger partial charge in [0.25, 0.3) is 0 Å². The Bertz CT molecular complexity index is 1110. The molecule has 31 heavy (non-hydrogen) atoms. The minimum Gasteiger partial charge on any atom is -0.481 e. The largest absolute Gasteiger partial charge is 0.481 e. The average molecular weight is 465 g/mol. The molecule has 2 N–H and O–H groups in total. The molecule has 1 aromatic carbocycles. The second kappa shape index (κ2) is 9.02. The maximum absolute atomic E-state index is 14.1. The van der Waals surface area contributed by atoms with Crippen LogP contribution < -0.4 is 10.5 Å². The maximum atomic E-state index is 14.1. The van der Waals surface area contributed by atoms with E-state index in [1.807, 2.05) is 10.9 Å². The molecule has 3 heterocycles. The van der Waals surface area contributed by atoms with Gasteiger partial charge in [-0.2, -0.15) is 5.10 Å². The molecular formula is C22H24Cl2FN5O. The second-order valence-corrected chi connectivity index (χ2v) is 8.51. The molecule has 0 spiro atoms. The quantitative estimate of drug-likeness (QED) is 0.513. The molecule has 3 aromatic rings. The van der Waals surface area contributed by atoms with Gasteiger partial charge in [0.05, 0.1) is 18.6 Å². The Balaban J connectivity index is 1.65. The Morgan fingerprint density at radius 1 is 1.32 bits per heavy atom. The Kier molecular flexibility index (Phi) is 5.98. The first kappa shape index (κ1) is 20.5. The van der Waals surface area contributed by atoms with E-state index in [-0.39, 0.29) is 27.5 Å². The normalized spacial score (nSPS) is 16.9. The fraction of sp³-hybridized carbons (Fsp3) is 0.364. The summed E-state index contributed by atoms with van der Waals surface area (Å²) < 4.78 is 30.1. The minimum absolute atomic E-state index is 0.0306. The Labute approximate surface area is 192 Å². The van der Waals surface area contributed by atoms with Crippen LogP contribution in [0.2, 0.25) is 10.0 Å². The molecule has 1 atom stereocenters. The zero-order valence-corrected chi connectivity index (χ0v) is 18.8. The van der Waals surface area contributed by atoms with E-state index in [0.717, 1.165) is 37.6 Å². The molecule has 1 aliphatic heterocycles. The second-order valence-electron chi connectivity index (χ2n) is 7.75. The van der Waals surface area contributed by atoms with E-state index >= 15 is 0 Å². The number of rotatable bonds is 5. The standard InChI is InChI=1S/C22H24Cl2FN5O/c1-13(19-17(23)3-4-18(25)20(19)24)31-21-16(5-8-27-22(21)26)14-11-28-30(12-14)15-6-9-29(2)10-7-15/h3-5,8,11-13,15H,6-7,9-10H2,1-2H3,(H2,26,27)/i3D. The highest BCUT2D eigenvalue weighted by atomic mass is 35.5. The number of hydrogen-bond donors (Lipinski definition) is 1. The van der Waals surface area contributed by atoms with Crippen LogP contribution in [0, 0.1) is 5.82 Å². The van der Waals surface area contributed by atoms with Gasteiger partial charge in [0.15, 0.2) is 11.6 Å². The molecule has 0 aliphatic carbocycles. The maximum Gasteiger partial charge on any atom is 0.170 e. The number of anilines is 1. The van der Waals surface area contributed by atoms with E-state index in [1.54, 1.807) is 25.4 Å². The summed E-state index contributed by atoms with van der Waals surface area (Å²) in [7, 11) is 2.12. The third-order valence-electron chi connectivity index (χ3n) is 5.62. The SMILES string of the molecule is [2H]c1cc(F)c(Cl)c(C(C)Oc2c(-c3cnn(C4CCN(C)CC4)c3)ccnc2N)c1Cl. The topological polar surface area (TPSA) is 69.2 Å². The molecule has 1 unspecified atom stereocenters. The molecule has 0 bridgehead atoms. The van der Waals surface area contributed by atoms with E-state index in [4.69, 9.17) is 35.0 Å². The predicted molar refractivity (Wildman–Crippen MR) is 121 cm³/mol. The van der Waals surface area contributed by atoms with Crippen molar-refractivity contribution in [3.63, 3.8) is 0 Å². The van der Waals surface area contributed by atoms with Gasteiger partial charge in [-0.3, -0.25) is 4.68 Å². The first-order valence-electron chi connectivity index (χ1n) is 10.5. The molecular weight excluding hydrogens is 440 g/mol. The molecule has 4 rings (SSSR count). The third-order valence-corrected chi connectivity index (χ3v) is 6.31. The molecule has 0 amide bonds. The van der Waals surface area contributed by atoms with Gasteiger partial charge in [-0.15, -0.1) is 0 Å². The number of halogens is 3. The van der Waals surface area contributed by atoms with Gasteiger partial charge in [0.1, 0.15) is 11.9 Å². The van der Waals surface area contributed by atoms with Crippen LogP contribution in [-0.4, -0.2) is 39.8 Å². The molecule has 1 saturated heterocycles. The zero-order valence-electron chi connectivity index (χ0n) is 18.3. The van der Waals surface area contributed by atoms with Crippen LogP contribution in [0.3, 0.4) is 0 Å². The number of pyridine rings is 1. The minimum atomic E-state index is -0.774. The third kappa shape index (κ3) is 4.49. The lowest BCUT2D eigenvalue weighted by molar-refractivity contribution is 0.212. The number of hydrogen-bond acceptors (Lipinski definition) is 5. The summed E-state index contributed by atoms with van der Waals surface area (Å²) in [6, 6.07) is 2.93. The van der Waals surface area contributed by atoms with Gasteiger partial charge < -0.3 is 15.4 Å². The number of nitrogens with two attached hydrogens (primary N) is 1. The number of ether oxygens (including phenoxy) is 1. The van der Waals surface area contributed by atoms with Crippen LogP contribution in [0.4, 0.5) is 10.2 Å². The van der Waals surface area contributed by atoms with Crippen LogP contribution >= 0.6 is 23.2 Å². The number of likely N-dealkylation sites (tertiary alicyclic amines) is 1. The number of nitrogen functional groups attached to an aromatic ring is 1. The summed E-state index contributed by atoms with van der Waals surface area (Å²) in [5, 5.41) is 4.41. The van der Waals surface area contributed by atoms with E-state index in [2.05, 4.69) is 22.0 Å². The first-order valence-corrected chi connectivity index (χ1v) is 10.8. The summed E-state index contributed by atoms with van der Waals surface area (Å²) in [4.78, 5) is 6.45. The van der Waals surface area contributed by atoms with Gasteiger partial charge >= 0.3 is 0 Å². The number of piperidine rings is 1. The monoisotopic (exact) mass is 464 g/mol. The molecule has 0 saturated carbocycles. The van der Waals surface area contributed by atoms with Crippen molar-refractivity contribution in [1.29, 1.82) is 0 Å². The fourth-order valence-corrected chi connectivity index (χ4v) is 4.49. The Morgan fingerprint density at radius 2 is 2.06 bits per heavy atom. The average Bonchev–Trinajstić information content (AvgIpc) is 3.24. The van der Waals surface area contributed by atoms with Gasteiger partial charge in [0.2, 0.25) is 0 Å². The highest BCUT2D eigenvalue weighted by molar-refractivity contribution is 6.36. The molecule has 6 nitrogen and oxygen atoms in total. The summed E-state index contributed by atoms with van der Waals surface area (Å²) in [5.74, 6) is -0.229. The fourth-order valence-electron chi connectivity index (χ4n) is 3.84. The van der Waals surface area contributed by atoms with Crippen molar-refractivity contribution < 1.29 is 10.5 Å². The van der Waals surface area contributed by atoms with Gasteiger partial charge in [-0.1, -0.05) is 23.2 Å². The van der Waals surface area contributed by atoms with Crippen molar-refractivity contribution in [2.45, 2.75) is 31.9 Å². The lowest BCUT2D eigenvalue weighted by Crippen LogP contribution is -2.31. The van der Waals surface area contributed by atoms with Crippen LogP contribution in [0.5, 0.6) is 5.75 Å². The number of aromatic nitrogens is 3. The van der Waals surface area contributed by atoms with Crippen molar-refractivity contribution >= 4 is 29.0 Å². The van der Waals surface area contributed by atoms with E-state index in [1.165, 1.54) is 0 Å². The van der Waals surface area contributed by atoms with Gasteiger partial charge in [0, 0.05) is 34.1 Å². The molecule has 2 aromatic heterocycles. The van der Waals surface area contributed by atoms with Crippen molar-refractivity contribution in [2.75, 3.05) is 25.9 Å². The number of nitrogens with zero attached hydrogens (tertiary/aromatic N) is 4. The van der Waals surface area contributed by atoms with Crippen molar-refractivity contribution in [3.8, 4) is 16.9 Å². The number of benzene rings is 1. The highest BCUT2D eigenvalue weighted by Crippen LogP contribution is 2.40. The van der Waals surface area contributed by atoms with E-state index < -0.39 is 11.9 Å². The lowest BCUT2D eigenvalue weighted by Gasteiger charge is -2.29. The summed E-state index contributed by atoms with van der Waals surface area (Å²) in [5.41, 5.74) is 7.87.